The number of hydrogen-bond donors (Lipinski definition) is 1. The summed E-state index contributed by atoms with van der Waals surface area (Å²) < 4.78 is 21.4. The number of amides is 3. The van der Waals surface area contributed by atoms with Gasteiger partial charge in [0, 0.05) is 26.7 Å². The highest BCUT2D eigenvalue weighted by molar-refractivity contribution is 5.84. The van der Waals surface area contributed by atoms with Gasteiger partial charge in [0.25, 0.3) is 0 Å². The van der Waals surface area contributed by atoms with Crippen molar-refractivity contribution in [3.05, 3.63) is 83.8 Å². The summed E-state index contributed by atoms with van der Waals surface area (Å²) in [5.41, 5.74) is 1.97. The summed E-state index contributed by atoms with van der Waals surface area (Å²) >= 11 is 0. The second kappa shape index (κ2) is 14.5. The van der Waals surface area contributed by atoms with E-state index in [0.717, 1.165) is 11.1 Å². The Morgan fingerprint density at radius 1 is 0.865 bits per heavy atom. The Morgan fingerprint density at radius 2 is 1.65 bits per heavy atom. The molecule has 3 amide bonds. The van der Waals surface area contributed by atoms with Gasteiger partial charge in [0.05, 0.1) is 33.6 Å². The van der Waals surface area contributed by atoms with E-state index in [1.165, 1.54) is 4.90 Å². The molecular weight excluding hydrogens is 474 g/mol. The van der Waals surface area contributed by atoms with Gasteiger partial charge in [-0.2, -0.15) is 0 Å². The number of rotatable bonds is 14. The van der Waals surface area contributed by atoms with Gasteiger partial charge >= 0.3 is 6.03 Å². The molecule has 9 nitrogen and oxygen atoms in total. The lowest BCUT2D eigenvalue weighted by Gasteiger charge is -2.27. The minimum absolute atomic E-state index is 0.0867. The first-order valence-electron chi connectivity index (χ1n) is 12.1. The number of ether oxygens (including phenoxy) is 3. The maximum Gasteiger partial charge on any atom is 0.318 e. The average Bonchev–Trinajstić information content (AvgIpc) is 3.45. The van der Waals surface area contributed by atoms with E-state index >= 15 is 0 Å². The van der Waals surface area contributed by atoms with Crippen molar-refractivity contribution in [2.45, 2.75) is 19.5 Å². The SMILES string of the molecule is COCCN(CC(=O)N(CCc1ccc(OC)c(OC)c1)Cc1ccco1)C(=O)NCc1ccccc1. The van der Waals surface area contributed by atoms with Crippen LogP contribution in [0.1, 0.15) is 16.9 Å². The summed E-state index contributed by atoms with van der Waals surface area (Å²) in [5.74, 6) is 1.75. The van der Waals surface area contributed by atoms with Crippen LogP contribution in [0.4, 0.5) is 4.79 Å². The van der Waals surface area contributed by atoms with Crippen molar-refractivity contribution in [1.29, 1.82) is 0 Å². The van der Waals surface area contributed by atoms with E-state index < -0.39 is 0 Å². The molecular formula is C28H35N3O6. The topological polar surface area (TPSA) is 93.5 Å². The molecule has 1 aromatic heterocycles. The Hall–Kier alpha value is -3.98. The first-order valence-corrected chi connectivity index (χ1v) is 12.1. The third kappa shape index (κ3) is 8.57. The van der Waals surface area contributed by atoms with E-state index in [4.69, 9.17) is 18.6 Å². The molecule has 1 N–H and O–H groups in total. The number of benzene rings is 2. The molecule has 0 atom stereocenters. The summed E-state index contributed by atoms with van der Waals surface area (Å²) in [6, 6.07) is 18.6. The molecule has 37 heavy (non-hydrogen) atoms. The lowest BCUT2D eigenvalue weighted by atomic mass is 10.1. The van der Waals surface area contributed by atoms with Gasteiger partial charge in [-0.05, 0) is 41.8 Å². The van der Waals surface area contributed by atoms with Gasteiger partial charge < -0.3 is 33.7 Å². The van der Waals surface area contributed by atoms with Gasteiger partial charge in [-0.25, -0.2) is 4.79 Å². The molecule has 0 radical (unpaired) electrons. The first kappa shape index (κ1) is 27.6. The zero-order valence-electron chi connectivity index (χ0n) is 21.6. The number of hydrogen-bond acceptors (Lipinski definition) is 6. The van der Waals surface area contributed by atoms with Crippen LogP contribution in [-0.2, 0) is 29.0 Å². The van der Waals surface area contributed by atoms with Crippen molar-refractivity contribution >= 4 is 11.9 Å². The van der Waals surface area contributed by atoms with Gasteiger partial charge in [0.2, 0.25) is 5.91 Å². The molecule has 0 aliphatic carbocycles. The van der Waals surface area contributed by atoms with Crippen LogP contribution < -0.4 is 14.8 Å². The molecule has 3 rings (SSSR count). The molecule has 198 valence electrons. The van der Waals surface area contributed by atoms with Crippen molar-refractivity contribution in [3.63, 3.8) is 0 Å². The smallest absolute Gasteiger partial charge is 0.318 e. The van der Waals surface area contributed by atoms with Crippen LogP contribution in [0.5, 0.6) is 11.5 Å². The fourth-order valence-electron chi connectivity index (χ4n) is 3.79. The molecule has 0 bridgehead atoms. The van der Waals surface area contributed by atoms with Crippen LogP contribution in [0.3, 0.4) is 0 Å². The fourth-order valence-corrected chi connectivity index (χ4v) is 3.79. The average molecular weight is 510 g/mol. The van der Waals surface area contributed by atoms with Crippen LogP contribution in [0.15, 0.2) is 71.3 Å². The molecule has 0 saturated heterocycles. The number of nitrogens with zero attached hydrogens (tertiary/aromatic N) is 2. The molecule has 3 aromatic rings. The standard InChI is InChI=1S/C28H35N3O6/c1-34-17-15-31(28(33)29-19-23-8-5-4-6-9-23)21-27(32)30(20-24-10-7-16-37-24)14-13-22-11-12-25(35-2)26(18-22)36-3/h4-12,16,18H,13-15,17,19-21H2,1-3H3,(H,29,33). The third-order valence-electron chi connectivity index (χ3n) is 5.86. The van der Waals surface area contributed by atoms with E-state index in [1.54, 1.807) is 38.6 Å². The Labute approximate surface area is 217 Å². The Bertz CT molecular complexity index is 1100. The van der Waals surface area contributed by atoms with Crippen LogP contribution in [0.25, 0.3) is 0 Å². The summed E-state index contributed by atoms with van der Waals surface area (Å²) in [4.78, 5) is 29.6. The molecule has 1 heterocycles. The highest BCUT2D eigenvalue weighted by Crippen LogP contribution is 2.27. The number of carbonyl (C=O) groups is 2. The van der Waals surface area contributed by atoms with E-state index in [2.05, 4.69) is 5.32 Å². The minimum atomic E-state index is -0.327. The van der Waals surface area contributed by atoms with E-state index in [0.29, 0.717) is 49.9 Å². The van der Waals surface area contributed by atoms with E-state index in [9.17, 15) is 9.59 Å². The van der Waals surface area contributed by atoms with Crippen molar-refractivity contribution in [1.82, 2.24) is 15.1 Å². The van der Waals surface area contributed by atoms with Gasteiger partial charge in [-0.1, -0.05) is 36.4 Å². The summed E-state index contributed by atoms with van der Waals surface area (Å²) in [6.07, 6.45) is 2.17. The maximum atomic E-state index is 13.4. The second-order valence-electron chi connectivity index (χ2n) is 8.39. The van der Waals surface area contributed by atoms with Crippen LogP contribution >= 0.6 is 0 Å². The van der Waals surface area contributed by atoms with Crippen molar-refractivity contribution in [2.24, 2.45) is 0 Å². The lowest BCUT2D eigenvalue weighted by molar-refractivity contribution is -0.132. The van der Waals surface area contributed by atoms with Gasteiger partial charge in [-0.15, -0.1) is 0 Å². The molecule has 0 aliphatic heterocycles. The third-order valence-corrected chi connectivity index (χ3v) is 5.86. The van der Waals surface area contributed by atoms with Crippen molar-refractivity contribution in [3.8, 4) is 11.5 Å². The maximum absolute atomic E-state index is 13.4. The normalized spacial score (nSPS) is 10.6. The Morgan fingerprint density at radius 3 is 2.32 bits per heavy atom. The number of methoxy groups -OCH3 is 3. The highest BCUT2D eigenvalue weighted by Gasteiger charge is 2.22. The second-order valence-corrected chi connectivity index (χ2v) is 8.39. The molecule has 9 heteroatoms. The number of carbonyl (C=O) groups excluding carboxylic acids is 2. The summed E-state index contributed by atoms with van der Waals surface area (Å²) in [6.45, 7) is 1.61. The van der Waals surface area contributed by atoms with Crippen molar-refractivity contribution in [2.75, 3.05) is 47.6 Å². The Balaban J connectivity index is 1.69. The zero-order valence-corrected chi connectivity index (χ0v) is 21.6. The van der Waals surface area contributed by atoms with Crippen LogP contribution in [0, 0.1) is 0 Å². The molecule has 0 aliphatic rings. The molecule has 2 aromatic carbocycles. The van der Waals surface area contributed by atoms with Gasteiger partial charge in [0.1, 0.15) is 12.3 Å². The number of urea groups is 1. The monoisotopic (exact) mass is 509 g/mol. The van der Waals surface area contributed by atoms with Crippen molar-refractivity contribution < 1.29 is 28.2 Å². The Kier molecular flexibility index (Phi) is 10.9. The number of nitrogens with one attached hydrogen (secondary N) is 1. The lowest BCUT2D eigenvalue weighted by Crippen LogP contribution is -2.47. The minimum Gasteiger partial charge on any atom is -0.493 e. The zero-order chi connectivity index (χ0) is 26.5. The fraction of sp³-hybridized carbons (Fsp3) is 0.357. The van der Waals surface area contributed by atoms with Gasteiger partial charge in [-0.3, -0.25) is 4.79 Å². The number of furan rings is 1. The molecule has 0 spiro atoms. The van der Waals surface area contributed by atoms with Crippen LogP contribution in [-0.4, -0.2) is 69.3 Å². The predicted octanol–water partition coefficient (Wildman–Crippen LogP) is 3.73. The largest absolute Gasteiger partial charge is 0.493 e. The van der Waals surface area contributed by atoms with Crippen LogP contribution in [0.2, 0.25) is 0 Å². The molecule has 0 saturated carbocycles. The van der Waals surface area contributed by atoms with E-state index in [-0.39, 0.29) is 25.0 Å². The molecule has 0 unspecified atom stereocenters. The highest BCUT2D eigenvalue weighted by atomic mass is 16.5. The summed E-state index contributed by atoms with van der Waals surface area (Å²) in [7, 11) is 4.74. The predicted molar refractivity (Wildman–Crippen MR) is 140 cm³/mol. The quantitative estimate of drug-likeness (QED) is 0.356. The molecule has 0 fully saturated rings. The van der Waals surface area contributed by atoms with E-state index in [1.807, 2.05) is 54.6 Å². The first-order chi connectivity index (χ1) is 18.0. The van der Waals surface area contributed by atoms with Gasteiger partial charge in [0.15, 0.2) is 11.5 Å². The summed E-state index contributed by atoms with van der Waals surface area (Å²) in [5, 5.41) is 2.90.